The third-order valence-electron chi connectivity index (χ3n) is 8.87. The summed E-state index contributed by atoms with van der Waals surface area (Å²) < 4.78 is 11.1. The Morgan fingerprint density at radius 2 is 1.77 bits per heavy atom. The van der Waals surface area contributed by atoms with Gasteiger partial charge >= 0.3 is 6.09 Å². The molecule has 0 radical (unpaired) electrons. The fourth-order valence-corrected chi connectivity index (χ4v) is 6.31. The van der Waals surface area contributed by atoms with Gasteiger partial charge in [0.15, 0.2) is 0 Å². The Morgan fingerprint density at radius 3 is 2.44 bits per heavy atom. The molecular weight excluding hydrogens is 564 g/mol. The first-order valence-electron chi connectivity index (χ1n) is 14.7. The predicted molar refractivity (Wildman–Crippen MR) is 168 cm³/mol. The SMILES string of the molecule is COC1=CC=C(N2CCC(C(=O)N3CC(N(C)C(=O)Oc4ccc(C)cc4)C(C)(c4ccc(Cl)cc4)C3)CC2)N=C=CC1. The van der Waals surface area contributed by atoms with E-state index in [1.165, 1.54) is 0 Å². The summed E-state index contributed by atoms with van der Waals surface area (Å²) >= 11 is 6.22. The first kappa shape index (κ1) is 30.5. The van der Waals surface area contributed by atoms with Gasteiger partial charge in [-0.05, 0) is 73.7 Å². The average molecular weight is 603 g/mol. The molecule has 3 heterocycles. The zero-order valence-electron chi connectivity index (χ0n) is 25.3. The van der Waals surface area contributed by atoms with Crippen LogP contribution in [0.25, 0.3) is 0 Å². The van der Waals surface area contributed by atoms with Crippen LogP contribution in [0, 0.1) is 12.8 Å². The van der Waals surface area contributed by atoms with Gasteiger partial charge in [0, 0.05) is 56.0 Å². The number of hydrogen-bond acceptors (Lipinski definition) is 6. The number of amides is 2. The molecular formula is C34H39ClN4O4. The molecule has 8 nitrogen and oxygen atoms in total. The molecule has 2 aromatic carbocycles. The molecule has 2 fully saturated rings. The molecule has 2 unspecified atom stereocenters. The summed E-state index contributed by atoms with van der Waals surface area (Å²) in [4.78, 5) is 37.6. The smallest absolute Gasteiger partial charge is 0.415 e. The number of nitrogens with zero attached hydrogens (tertiary/aromatic N) is 4. The summed E-state index contributed by atoms with van der Waals surface area (Å²) in [5, 5.41) is 0.641. The van der Waals surface area contributed by atoms with Crippen molar-refractivity contribution in [3.05, 3.63) is 94.5 Å². The van der Waals surface area contributed by atoms with Gasteiger partial charge in [-0.25, -0.2) is 4.79 Å². The Hall–Kier alpha value is -4.00. The molecule has 5 rings (SSSR count). The highest BCUT2D eigenvalue weighted by Crippen LogP contribution is 2.39. The van der Waals surface area contributed by atoms with Crippen molar-refractivity contribution in [1.29, 1.82) is 0 Å². The normalized spacial score (nSPS) is 22.4. The number of allylic oxidation sites excluding steroid dienone is 3. The molecule has 2 atom stereocenters. The van der Waals surface area contributed by atoms with E-state index in [1.54, 1.807) is 31.2 Å². The molecule has 0 saturated carbocycles. The molecule has 0 spiro atoms. The monoisotopic (exact) mass is 602 g/mol. The third kappa shape index (κ3) is 6.82. The molecule has 43 heavy (non-hydrogen) atoms. The number of ether oxygens (including phenoxy) is 2. The fourth-order valence-electron chi connectivity index (χ4n) is 6.19. The number of halogens is 1. The van der Waals surface area contributed by atoms with Crippen LogP contribution in [0.2, 0.25) is 5.02 Å². The second kappa shape index (κ2) is 13.1. The minimum Gasteiger partial charge on any atom is -0.501 e. The number of piperidine rings is 1. The topological polar surface area (TPSA) is 74.7 Å². The Labute approximate surface area is 258 Å². The second-order valence-corrected chi connectivity index (χ2v) is 12.2. The van der Waals surface area contributed by atoms with Crippen molar-refractivity contribution in [1.82, 2.24) is 14.7 Å². The molecule has 226 valence electrons. The van der Waals surface area contributed by atoms with Crippen molar-refractivity contribution in [2.75, 3.05) is 40.3 Å². The van der Waals surface area contributed by atoms with Gasteiger partial charge in [-0.3, -0.25) is 4.79 Å². The van der Waals surface area contributed by atoms with Gasteiger partial charge in [-0.2, -0.15) is 4.99 Å². The van der Waals surface area contributed by atoms with Gasteiger partial charge in [-0.1, -0.05) is 48.4 Å². The molecule has 2 saturated heterocycles. The van der Waals surface area contributed by atoms with E-state index >= 15 is 0 Å². The van der Waals surface area contributed by atoms with Crippen molar-refractivity contribution in [2.24, 2.45) is 10.9 Å². The number of hydrogen-bond donors (Lipinski definition) is 0. The lowest BCUT2D eigenvalue weighted by Crippen LogP contribution is -2.50. The van der Waals surface area contributed by atoms with E-state index in [0.717, 1.165) is 48.6 Å². The summed E-state index contributed by atoms with van der Waals surface area (Å²) in [5.41, 5.74) is 1.59. The number of rotatable bonds is 6. The van der Waals surface area contributed by atoms with Crippen LogP contribution < -0.4 is 4.74 Å². The number of carbonyl (C=O) groups excluding carboxylic acids is 2. The quantitative estimate of drug-likeness (QED) is 0.408. The lowest BCUT2D eigenvalue weighted by molar-refractivity contribution is -0.136. The van der Waals surface area contributed by atoms with Crippen LogP contribution in [0.5, 0.6) is 5.75 Å². The summed E-state index contributed by atoms with van der Waals surface area (Å²) in [6.45, 7) is 6.45. The van der Waals surface area contributed by atoms with Gasteiger partial charge in [0.2, 0.25) is 5.91 Å². The fraction of sp³-hybridized carbons (Fsp3) is 0.412. The van der Waals surface area contributed by atoms with E-state index in [2.05, 4.69) is 22.7 Å². The predicted octanol–water partition coefficient (Wildman–Crippen LogP) is 5.96. The maximum Gasteiger partial charge on any atom is 0.415 e. The molecule has 0 aromatic heterocycles. The minimum absolute atomic E-state index is 0.104. The number of benzene rings is 2. The number of likely N-dealkylation sites (tertiary alicyclic amines) is 2. The van der Waals surface area contributed by atoms with Crippen LogP contribution in [0.4, 0.5) is 4.79 Å². The number of methoxy groups -OCH3 is 1. The van der Waals surface area contributed by atoms with Gasteiger partial charge in [0.1, 0.15) is 17.3 Å². The number of likely N-dealkylation sites (N-methyl/N-ethyl adjacent to an activating group) is 1. The van der Waals surface area contributed by atoms with Gasteiger partial charge in [0.25, 0.3) is 0 Å². The van der Waals surface area contributed by atoms with Crippen LogP contribution in [-0.4, -0.2) is 78.9 Å². The van der Waals surface area contributed by atoms with E-state index in [-0.39, 0.29) is 17.9 Å². The average Bonchev–Trinajstić information content (AvgIpc) is 3.36. The highest BCUT2D eigenvalue weighted by molar-refractivity contribution is 6.30. The Morgan fingerprint density at radius 1 is 1.07 bits per heavy atom. The van der Waals surface area contributed by atoms with Crippen molar-refractivity contribution in [3.63, 3.8) is 0 Å². The molecule has 2 aromatic rings. The summed E-state index contributed by atoms with van der Waals surface area (Å²) in [6, 6.07) is 14.8. The van der Waals surface area contributed by atoms with E-state index in [1.807, 2.05) is 66.4 Å². The summed E-state index contributed by atoms with van der Waals surface area (Å²) in [5.74, 6) is 5.17. The molecule has 2 amide bonds. The first-order chi connectivity index (χ1) is 20.7. The number of carbonyl (C=O) groups is 2. The second-order valence-electron chi connectivity index (χ2n) is 11.7. The zero-order chi connectivity index (χ0) is 30.6. The lowest BCUT2D eigenvalue weighted by atomic mass is 9.77. The highest BCUT2D eigenvalue weighted by Gasteiger charge is 2.50. The van der Waals surface area contributed by atoms with Crippen LogP contribution >= 0.6 is 11.6 Å². The van der Waals surface area contributed by atoms with E-state index in [9.17, 15) is 9.59 Å². The molecule has 3 aliphatic heterocycles. The third-order valence-corrected chi connectivity index (χ3v) is 9.12. The minimum atomic E-state index is -0.516. The number of aliphatic imine (C=N–C) groups is 1. The van der Waals surface area contributed by atoms with Gasteiger partial charge < -0.3 is 24.2 Å². The van der Waals surface area contributed by atoms with Crippen molar-refractivity contribution in [3.8, 4) is 5.75 Å². The maximum atomic E-state index is 14.0. The molecule has 0 bridgehead atoms. The van der Waals surface area contributed by atoms with Crippen molar-refractivity contribution >= 4 is 29.5 Å². The van der Waals surface area contributed by atoms with Gasteiger partial charge in [0.05, 0.1) is 13.2 Å². The molecule has 0 N–H and O–H groups in total. The van der Waals surface area contributed by atoms with Crippen LogP contribution in [0.3, 0.4) is 0 Å². The Balaban J connectivity index is 1.30. The molecule has 0 aliphatic carbocycles. The van der Waals surface area contributed by atoms with Gasteiger partial charge in [-0.15, -0.1) is 0 Å². The molecule has 9 heteroatoms. The van der Waals surface area contributed by atoms with Crippen LogP contribution in [-0.2, 0) is 14.9 Å². The maximum absolute atomic E-state index is 14.0. The standard InChI is InChI=1S/C34H39ClN4O4/c1-24-7-13-29(14-8-24)43-33(41)37(3)30-22-39(23-34(30,2)26-9-11-27(35)12-10-26)32(40)25-17-20-38(21-18-25)31-16-15-28(42-4)6-5-19-36-31/h5,7-16,25,30H,6,17-18,20-23H2,1-4H3. The van der Waals surface area contributed by atoms with E-state index in [0.29, 0.717) is 30.3 Å². The summed E-state index contributed by atoms with van der Waals surface area (Å²) in [6.07, 6.45) is 7.40. The van der Waals surface area contributed by atoms with E-state index in [4.69, 9.17) is 21.1 Å². The van der Waals surface area contributed by atoms with Crippen molar-refractivity contribution in [2.45, 2.75) is 44.6 Å². The van der Waals surface area contributed by atoms with Crippen LogP contribution in [0.1, 0.15) is 37.3 Å². The lowest BCUT2D eigenvalue weighted by Gasteiger charge is -2.36. The van der Waals surface area contributed by atoms with Crippen molar-refractivity contribution < 1.29 is 19.1 Å². The Kier molecular flexibility index (Phi) is 9.28. The first-order valence-corrected chi connectivity index (χ1v) is 15.1. The zero-order valence-corrected chi connectivity index (χ0v) is 26.0. The Bertz CT molecular complexity index is 1450. The summed E-state index contributed by atoms with van der Waals surface area (Å²) in [7, 11) is 3.41. The largest absolute Gasteiger partial charge is 0.501 e. The van der Waals surface area contributed by atoms with Crippen LogP contribution in [0.15, 0.2) is 83.3 Å². The highest BCUT2D eigenvalue weighted by atomic mass is 35.5. The number of aryl methyl sites for hydroxylation is 1. The van der Waals surface area contributed by atoms with E-state index < -0.39 is 11.5 Å². The molecule has 3 aliphatic rings.